The number of nitrogens with zero attached hydrogens (tertiary/aromatic N) is 1. The van der Waals surface area contributed by atoms with Gasteiger partial charge in [-0.2, -0.15) is 0 Å². The van der Waals surface area contributed by atoms with Gasteiger partial charge < -0.3 is 10.4 Å². The summed E-state index contributed by atoms with van der Waals surface area (Å²) in [5, 5.41) is 12.9. The molecule has 1 heterocycles. The van der Waals surface area contributed by atoms with Crippen molar-refractivity contribution in [2.75, 3.05) is 6.54 Å². The highest BCUT2D eigenvalue weighted by Crippen LogP contribution is 2.08. The summed E-state index contributed by atoms with van der Waals surface area (Å²) >= 11 is 1.63. The summed E-state index contributed by atoms with van der Waals surface area (Å²) in [4.78, 5) is 5.17. The van der Waals surface area contributed by atoms with Crippen LogP contribution >= 0.6 is 11.3 Å². The Labute approximate surface area is 82.8 Å². The van der Waals surface area contributed by atoms with E-state index in [2.05, 4.69) is 10.3 Å². The summed E-state index contributed by atoms with van der Waals surface area (Å²) in [5.41, 5.74) is 1.22. The van der Waals surface area contributed by atoms with Crippen molar-refractivity contribution in [1.82, 2.24) is 10.3 Å². The average Bonchev–Trinajstić information content (AvgIpc) is 2.57. The minimum Gasteiger partial charge on any atom is -0.389 e. The molecule has 0 aromatic carbocycles. The van der Waals surface area contributed by atoms with E-state index in [-0.39, 0.29) is 0 Å². The molecule has 1 unspecified atom stereocenters. The Morgan fingerprint density at radius 2 is 2.46 bits per heavy atom. The number of aromatic nitrogens is 1. The first-order valence-corrected chi connectivity index (χ1v) is 5.32. The lowest BCUT2D eigenvalue weighted by Crippen LogP contribution is -2.36. The van der Waals surface area contributed by atoms with E-state index in [1.807, 2.05) is 25.6 Å². The first-order chi connectivity index (χ1) is 6.14. The fourth-order valence-electron chi connectivity index (χ4n) is 0.909. The van der Waals surface area contributed by atoms with Crippen LogP contribution in [0.3, 0.4) is 0 Å². The van der Waals surface area contributed by atoms with Gasteiger partial charge in [0.15, 0.2) is 0 Å². The van der Waals surface area contributed by atoms with Crippen LogP contribution in [0.1, 0.15) is 25.1 Å². The molecule has 0 bridgehead atoms. The summed E-state index contributed by atoms with van der Waals surface area (Å²) < 4.78 is 0. The predicted octanol–water partition coefficient (Wildman–Crippen LogP) is 1.39. The topological polar surface area (TPSA) is 45.1 Å². The highest BCUT2D eigenvalue weighted by Gasteiger charge is 2.16. The molecule has 1 aromatic heterocycles. The molecular formula is C9H16N2OS. The Bertz CT molecular complexity index is 234. The molecule has 1 atom stereocenters. The lowest BCUT2D eigenvalue weighted by atomic mass is 10.0. The fraction of sp³-hybridized carbons (Fsp3) is 0.667. The number of nitrogens with one attached hydrogen (secondary N) is 1. The third-order valence-corrected chi connectivity index (χ3v) is 2.83. The molecule has 0 fully saturated rings. The van der Waals surface area contributed by atoms with E-state index in [1.54, 1.807) is 11.3 Å². The Morgan fingerprint density at radius 1 is 1.69 bits per heavy atom. The quantitative estimate of drug-likeness (QED) is 0.755. The third kappa shape index (κ3) is 3.85. The lowest BCUT2D eigenvalue weighted by Gasteiger charge is -2.21. The standard InChI is InChI=1S/C9H16N2OS/c1-3-9(2,12)6-10-4-8-5-11-7-13-8/h5,7,10,12H,3-4,6H2,1-2H3. The van der Waals surface area contributed by atoms with E-state index in [4.69, 9.17) is 0 Å². The maximum absolute atomic E-state index is 9.68. The molecule has 1 rings (SSSR count). The van der Waals surface area contributed by atoms with Gasteiger partial charge in [-0.25, -0.2) is 0 Å². The van der Waals surface area contributed by atoms with Gasteiger partial charge in [0.05, 0.1) is 11.1 Å². The Balaban J connectivity index is 2.21. The molecule has 0 amide bonds. The zero-order valence-corrected chi connectivity index (χ0v) is 8.90. The minimum absolute atomic E-state index is 0.593. The van der Waals surface area contributed by atoms with E-state index in [0.717, 1.165) is 13.0 Å². The van der Waals surface area contributed by atoms with Gasteiger partial charge >= 0.3 is 0 Å². The van der Waals surface area contributed by atoms with E-state index in [9.17, 15) is 5.11 Å². The maximum atomic E-state index is 9.68. The first kappa shape index (κ1) is 10.6. The van der Waals surface area contributed by atoms with Crippen LogP contribution in [0.15, 0.2) is 11.7 Å². The monoisotopic (exact) mass is 200 g/mol. The second-order valence-corrected chi connectivity index (χ2v) is 4.39. The van der Waals surface area contributed by atoms with Crippen LogP contribution in [0.25, 0.3) is 0 Å². The van der Waals surface area contributed by atoms with Gasteiger partial charge in [0.1, 0.15) is 0 Å². The molecule has 0 radical (unpaired) electrons. The molecule has 3 nitrogen and oxygen atoms in total. The van der Waals surface area contributed by atoms with Gasteiger partial charge in [-0.3, -0.25) is 4.98 Å². The summed E-state index contributed by atoms with van der Waals surface area (Å²) in [6, 6.07) is 0. The number of aliphatic hydroxyl groups is 1. The van der Waals surface area contributed by atoms with Crippen LogP contribution in [0.2, 0.25) is 0 Å². The van der Waals surface area contributed by atoms with Crippen LogP contribution in [0.5, 0.6) is 0 Å². The second-order valence-electron chi connectivity index (χ2n) is 3.42. The van der Waals surface area contributed by atoms with Gasteiger partial charge in [-0.15, -0.1) is 11.3 Å². The maximum Gasteiger partial charge on any atom is 0.0794 e. The van der Waals surface area contributed by atoms with E-state index >= 15 is 0 Å². The highest BCUT2D eigenvalue weighted by atomic mass is 32.1. The molecule has 74 valence electrons. The Kier molecular flexibility index (Phi) is 3.84. The van der Waals surface area contributed by atoms with Gasteiger partial charge in [0.2, 0.25) is 0 Å². The summed E-state index contributed by atoms with van der Waals surface area (Å²) in [5.74, 6) is 0. The van der Waals surface area contributed by atoms with Crippen LogP contribution in [-0.4, -0.2) is 22.2 Å². The van der Waals surface area contributed by atoms with Gasteiger partial charge in [-0.05, 0) is 13.3 Å². The van der Waals surface area contributed by atoms with Crippen LogP contribution in [0.4, 0.5) is 0 Å². The number of hydrogen-bond donors (Lipinski definition) is 2. The van der Waals surface area contributed by atoms with Gasteiger partial charge in [-0.1, -0.05) is 6.92 Å². The van der Waals surface area contributed by atoms with Crippen molar-refractivity contribution >= 4 is 11.3 Å². The lowest BCUT2D eigenvalue weighted by molar-refractivity contribution is 0.0556. The van der Waals surface area contributed by atoms with Crippen molar-refractivity contribution in [2.45, 2.75) is 32.4 Å². The second kappa shape index (κ2) is 4.69. The van der Waals surface area contributed by atoms with Crippen LogP contribution < -0.4 is 5.32 Å². The van der Waals surface area contributed by atoms with Gasteiger partial charge in [0.25, 0.3) is 0 Å². The molecule has 0 aliphatic rings. The van der Waals surface area contributed by atoms with Crippen molar-refractivity contribution in [2.24, 2.45) is 0 Å². The molecule has 0 saturated carbocycles. The minimum atomic E-state index is -0.593. The molecule has 0 aliphatic heterocycles. The predicted molar refractivity (Wildman–Crippen MR) is 54.7 cm³/mol. The number of thiazole rings is 1. The molecule has 2 N–H and O–H groups in total. The molecular weight excluding hydrogens is 184 g/mol. The molecule has 0 aliphatic carbocycles. The molecule has 13 heavy (non-hydrogen) atoms. The molecule has 0 saturated heterocycles. The fourth-order valence-corrected chi connectivity index (χ4v) is 1.47. The zero-order chi connectivity index (χ0) is 9.73. The first-order valence-electron chi connectivity index (χ1n) is 4.44. The average molecular weight is 200 g/mol. The van der Waals surface area contributed by atoms with Crippen LogP contribution in [0, 0.1) is 0 Å². The number of hydrogen-bond acceptors (Lipinski definition) is 4. The SMILES string of the molecule is CCC(C)(O)CNCc1cncs1. The Hall–Kier alpha value is -0.450. The van der Waals surface area contributed by atoms with Crippen molar-refractivity contribution in [3.63, 3.8) is 0 Å². The highest BCUT2D eigenvalue weighted by molar-refractivity contribution is 7.09. The zero-order valence-electron chi connectivity index (χ0n) is 8.08. The third-order valence-electron chi connectivity index (χ3n) is 2.05. The smallest absolute Gasteiger partial charge is 0.0794 e. The summed E-state index contributed by atoms with van der Waals surface area (Å²) in [6.07, 6.45) is 2.61. The van der Waals surface area contributed by atoms with Crippen molar-refractivity contribution < 1.29 is 5.11 Å². The van der Waals surface area contributed by atoms with Gasteiger partial charge in [0, 0.05) is 24.2 Å². The largest absolute Gasteiger partial charge is 0.389 e. The molecule has 0 spiro atoms. The Morgan fingerprint density at radius 3 is 3.00 bits per heavy atom. The molecule has 4 heteroatoms. The van der Waals surface area contributed by atoms with E-state index in [1.165, 1.54) is 4.88 Å². The summed E-state index contributed by atoms with van der Waals surface area (Å²) in [7, 11) is 0. The van der Waals surface area contributed by atoms with Crippen LogP contribution in [-0.2, 0) is 6.54 Å². The normalized spacial score (nSPS) is 15.6. The van der Waals surface area contributed by atoms with E-state index < -0.39 is 5.60 Å². The molecule has 1 aromatic rings. The van der Waals surface area contributed by atoms with Crippen molar-refractivity contribution in [1.29, 1.82) is 0 Å². The van der Waals surface area contributed by atoms with Crippen molar-refractivity contribution in [3.05, 3.63) is 16.6 Å². The summed E-state index contributed by atoms with van der Waals surface area (Å²) in [6.45, 7) is 5.24. The van der Waals surface area contributed by atoms with E-state index in [0.29, 0.717) is 6.54 Å². The number of rotatable bonds is 5. The van der Waals surface area contributed by atoms with Crippen molar-refractivity contribution in [3.8, 4) is 0 Å².